The van der Waals surface area contributed by atoms with E-state index in [4.69, 9.17) is 11.6 Å². The third kappa shape index (κ3) is 1.77. The molecule has 2 rings (SSSR count). The molecule has 0 radical (unpaired) electrons. The first-order valence-corrected chi connectivity index (χ1v) is 5.91. The Morgan fingerprint density at radius 1 is 1.13 bits per heavy atom. The number of aryl methyl sites for hydroxylation is 1. The smallest absolute Gasteiger partial charge is 0.149 e. The molecular formula is C11H11ClN2S. The standard InChI is InChI=1S/C11H11ClN2S/c1-6-7(2)11(12)14-13-10(6)9-4-5-15-8(9)3/h4-5H,1-3H3. The van der Waals surface area contributed by atoms with E-state index >= 15 is 0 Å². The summed E-state index contributed by atoms with van der Waals surface area (Å²) in [4.78, 5) is 1.26. The van der Waals surface area contributed by atoms with Crippen LogP contribution in [-0.2, 0) is 0 Å². The average molecular weight is 239 g/mol. The predicted octanol–water partition coefficient (Wildman–Crippen LogP) is 3.78. The minimum absolute atomic E-state index is 0.490. The van der Waals surface area contributed by atoms with Gasteiger partial charge in [0.2, 0.25) is 0 Å². The molecule has 2 aromatic heterocycles. The van der Waals surface area contributed by atoms with Crippen molar-refractivity contribution in [1.82, 2.24) is 10.2 Å². The minimum Gasteiger partial charge on any atom is -0.149 e. The molecule has 0 atom stereocenters. The molecule has 2 aromatic rings. The Labute approximate surface area is 97.9 Å². The van der Waals surface area contributed by atoms with Gasteiger partial charge in [0.15, 0.2) is 5.15 Å². The Bertz CT molecular complexity index is 505. The third-order valence-corrected chi connectivity index (χ3v) is 3.78. The zero-order valence-corrected chi connectivity index (χ0v) is 10.4. The van der Waals surface area contributed by atoms with Gasteiger partial charge in [0.05, 0.1) is 5.69 Å². The normalized spacial score (nSPS) is 10.7. The van der Waals surface area contributed by atoms with Crippen molar-refractivity contribution in [3.8, 4) is 11.3 Å². The summed E-state index contributed by atoms with van der Waals surface area (Å²) in [5.74, 6) is 0. The van der Waals surface area contributed by atoms with Crippen molar-refractivity contribution < 1.29 is 0 Å². The Morgan fingerprint density at radius 3 is 2.47 bits per heavy atom. The molecule has 2 heterocycles. The van der Waals surface area contributed by atoms with Crippen LogP contribution in [0.25, 0.3) is 11.3 Å². The summed E-state index contributed by atoms with van der Waals surface area (Å²) >= 11 is 7.63. The quantitative estimate of drug-likeness (QED) is 0.756. The zero-order valence-electron chi connectivity index (χ0n) is 8.84. The first-order chi connectivity index (χ1) is 7.11. The molecule has 0 fully saturated rings. The molecule has 0 bridgehead atoms. The second-order valence-corrected chi connectivity index (χ2v) is 4.96. The lowest BCUT2D eigenvalue weighted by Gasteiger charge is -2.07. The van der Waals surface area contributed by atoms with Gasteiger partial charge in [-0.2, -0.15) is 0 Å². The molecule has 0 spiro atoms. The van der Waals surface area contributed by atoms with Crippen LogP contribution < -0.4 is 0 Å². The topological polar surface area (TPSA) is 25.8 Å². The van der Waals surface area contributed by atoms with Crippen molar-refractivity contribution in [3.05, 3.63) is 32.6 Å². The summed E-state index contributed by atoms with van der Waals surface area (Å²) in [5.41, 5.74) is 4.21. The van der Waals surface area contributed by atoms with Crippen molar-refractivity contribution in [1.29, 1.82) is 0 Å². The minimum atomic E-state index is 0.490. The number of rotatable bonds is 1. The summed E-state index contributed by atoms with van der Waals surface area (Å²) in [7, 11) is 0. The van der Waals surface area contributed by atoms with Crippen molar-refractivity contribution in [2.75, 3.05) is 0 Å². The highest BCUT2D eigenvalue weighted by Gasteiger charge is 2.12. The van der Waals surface area contributed by atoms with Crippen LogP contribution in [0.15, 0.2) is 11.4 Å². The third-order valence-electron chi connectivity index (χ3n) is 2.58. The van der Waals surface area contributed by atoms with E-state index in [1.807, 2.05) is 13.8 Å². The van der Waals surface area contributed by atoms with Gasteiger partial charge in [0.1, 0.15) is 0 Å². The average Bonchev–Trinajstić information content (AvgIpc) is 2.62. The lowest BCUT2D eigenvalue weighted by atomic mass is 10.1. The highest BCUT2D eigenvalue weighted by molar-refractivity contribution is 7.10. The van der Waals surface area contributed by atoms with Crippen molar-refractivity contribution in [3.63, 3.8) is 0 Å². The highest BCUT2D eigenvalue weighted by Crippen LogP contribution is 2.30. The lowest BCUT2D eigenvalue weighted by molar-refractivity contribution is 1.00. The Balaban J connectivity index is 2.65. The molecule has 0 amide bonds. The fourth-order valence-corrected chi connectivity index (χ4v) is 2.34. The van der Waals surface area contributed by atoms with E-state index < -0.39 is 0 Å². The van der Waals surface area contributed by atoms with E-state index in [1.165, 1.54) is 4.88 Å². The van der Waals surface area contributed by atoms with Crippen LogP contribution in [0, 0.1) is 20.8 Å². The van der Waals surface area contributed by atoms with E-state index in [1.54, 1.807) is 11.3 Å². The molecule has 0 aliphatic heterocycles. The Hall–Kier alpha value is -0.930. The summed E-state index contributed by atoms with van der Waals surface area (Å²) in [6.07, 6.45) is 0. The van der Waals surface area contributed by atoms with Crippen LogP contribution in [0.1, 0.15) is 16.0 Å². The Morgan fingerprint density at radius 2 is 1.87 bits per heavy atom. The number of hydrogen-bond acceptors (Lipinski definition) is 3. The van der Waals surface area contributed by atoms with Crippen LogP contribution in [0.3, 0.4) is 0 Å². The highest BCUT2D eigenvalue weighted by atomic mass is 35.5. The van der Waals surface area contributed by atoms with E-state index in [9.17, 15) is 0 Å². The van der Waals surface area contributed by atoms with Gasteiger partial charge in [-0.15, -0.1) is 21.5 Å². The summed E-state index contributed by atoms with van der Waals surface area (Å²) in [6, 6.07) is 2.07. The molecule has 78 valence electrons. The van der Waals surface area contributed by atoms with E-state index in [0.717, 1.165) is 22.4 Å². The van der Waals surface area contributed by atoms with Gasteiger partial charge in [-0.3, -0.25) is 0 Å². The molecule has 0 aromatic carbocycles. The maximum Gasteiger partial charge on any atom is 0.154 e. The second-order valence-electron chi connectivity index (χ2n) is 3.48. The molecule has 0 unspecified atom stereocenters. The van der Waals surface area contributed by atoms with Gasteiger partial charge in [-0.25, -0.2) is 0 Å². The summed E-state index contributed by atoms with van der Waals surface area (Å²) in [6.45, 7) is 6.09. The maximum absolute atomic E-state index is 5.92. The fourth-order valence-electron chi connectivity index (χ4n) is 1.46. The monoisotopic (exact) mass is 238 g/mol. The van der Waals surface area contributed by atoms with Crippen LogP contribution in [0.4, 0.5) is 0 Å². The van der Waals surface area contributed by atoms with Gasteiger partial charge >= 0.3 is 0 Å². The molecular weight excluding hydrogens is 228 g/mol. The van der Waals surface area contributed by atoms with E-state index in [0.29, 0.717) is 5.15 Å². The SMILES string of the molecule is Cc1sccc1-c1nnc(Cl)c(C)c1C. The first-order valence-electron chi connectivity index (χ1n) is 4.65. The van der Waals surface area contributed by atoms with Crippen molar-refractivity contribution in [2.24, 2.45) is 0 Å². The molecule has 0 aliphatic rings. The fraction of sp³-hybridized carbons (Fsp3) is 0.273. The first kappa shape index (κ1) is 10.6. The molecule has 15 heavy (non-hydrogen) atoms. The van der Waals surface area contributed by atoms with Gasteiger partial charge in [-0.05, 0) is 43.3 Å². The largest absolute Gasteiger partial charge is 0.154 e. The molecule has 0 saturated heterocycles. The lowest BCUT2D eigenvalue weighted by Crippen LogP contribution is -1.96. The molecule has 4 heteroatoms. The number of hydrogen-bond donors (Lipinski definition) is 0. The van der Waals surface area contributed by atoms with Gasteiger partial charge < -0.3 is 0 Å². The van der Waals surface area contributed by atoms with Crippen molar-refractivity contribution >= 4 is 22.9 Å². The molecule has 0 saturated carbocycles. The van der Waals surface area contributed by atoms with Gasteiger partial charge in [0, 0.05) is 10.4 Å². The summed E-state index contributed by atoms with van der Waals surface area (Å²) in [5, 5.41) is 10.7. The molecule has 0 N–H and O–H groups in total. The van der Waals surface area contributed by atoms with Gasteiger partial charge in [0.25, 0.3) is 0 Å². The van der Waals surface area contributed by atoms with Gasteiger partial charge in [-0.1, -0.05) is 11.6 Å². The zero-order chi connectivity index (χ0) is 11.0. The van der Waals surface area contributed by atoms with Crippen molar-refractivity contribution in [2.45, 2.75) is 20.8 Å². The van der Waals surface area contributed by atoms with Crippen LogP contribution in [0.5, 0.6) is 0 Å². The second kappa shape index (κ2) is 3.91. The number of halogens is 1. The molecule has 0 aliphatic carbocycles. The molecule has 2 nitrogen and oxygen atoms in total. The Kier molecular flexibility index (Phi) is 2.76. The number of aromatic nitrogens is 2. The maximum atomic E-state index is 5.92. The van der Waals surface area contributed by atoms with Crippen LogP contribution in [-0.4, -0.2) is 10.2 Å². The van der Waals surface area contributed by atoms with Crippen LogP contribution >= 0.6 is 22.9 Å². The predicted molar refractivity (Wildman–Crippen MR) is 64.6 cm³/mol. The van der Waals surface area contributed by atoms with Crippen LogP contribution in [0.2, 0.25) is 5.15 Å². The van der Waals surface area contributed by atoms with E-state index in [2.05, 4.69) is 28.6 Å². The van der Waals surface area contributed by atoms with E-state index in [-0.39, 0.29) is 0 Å². The summed E-state index contributed by atoms with van der Waals surface area (Å²) < 4.78 is 0. The number of thiophene rings is 1. The number of nitrogens with zero attached hydrogens (tertiary/aromatic N) is 2.